The maximum absolute atomic E-state index is 11.5. The van der Waals surface area contributed by atoms with E-state index < -0.39 is 0 Å². The van der Waals surface area contributed by atoms with E-state index in [-0.39, 0.29) is 12.5 Å². The Bertz CT molecular complexity index is 391. The van der Waals surface area contributed by atoms with Crippen molar-refractivity contribution in [3.05, 3.63) is 29.3 Å². The average Bonchev–Trinajstić information content (AvgIpc) is 2.36. The second-order valence-electron chi connectivity index (χ2n) is 4.23. The molecule has 0 radical (unpaired) electrons. The Morgan fingerprint density at radius 2 is 2.17 bits per heavy atom. The number of hydrogen-bond donors (Lipinski definition) is 2. The lowest BCUT2D eigenvalue weighted by atomic mass is 10.1. The lowest BCUT2D eigenvalue weighted by Gasteiger charge is -2.13. The molecule has 0 heterocycles. The second kappa shape index (κ2) is 7.71. The number of para-hydroxylation sites is 1. The van der Waals surface area contributed by atoms with Gasteiger partial charge in [0.2, 0.25) is 0 Å². The zero-order chi connectivity index (χ0) is 13.4. The van der Waals surface area contributed by atoms with Gasteiger partial charge in [0.05, 0.1) is 0 Å². The van der Waals surface area contributed by atoms with Crippen molar-refractivity contribution < 1.29 is 9.53 Å². The highest BCUT2D eigenvalue weighted by atomic mass is 16.5. The maximum Gasteiger partial charge on any atom is 0.257 e. The number of ether oxygens (including phenoxy) is 1. The van der Waals surface area contributed by atoms with Gasteiger partial charge in [0, 0.05) is 18.7 Å². The van der Waals surface area contributed by atoms with Crippen LogP contribution in [0, 0.1) is 6.92 Å². The summed E-state index contributed by atoms with van der Waals surface area (Å²) in [6.07, 6.45) is 0.932. The highest BCUT2D eigenvalue weighted by Crippen LogP contribution is 2.23. The normalized spacial score (nSPS) is 10.2. The number of nitrogens with one attached hydrogen (secondary N) is 2. The van der Waals surface area contributed by atoms with Crippen molar-refractivity contribution in [2.45, 2.75) is 26.8 Å². The molecule has 1 aromatic carbocycles. The van der Waals surface area contributed by atoms with Crippen LogP contribution in [0.25, 0.3) is 0 Å². The third kappa shape index (κ3) is 4.37. The minimum atomic E-state index is -0.0736. The first kappa shape index (κ1) is 14.5. The molecule has 2 N–H and O–H groups in total. The summed E-state index contributed by atoms with van der Waals surface area (Å²) in [5.41, 5.74) is 2.12. The highest BCUT2D eigenvalue weighted by Gasteiger charge is 2.08. The second-order valence-corrected chi connectivity index (χ2v) is 4.23. The van der Waals surface area contributed by atoms with Crippen molar-refractivity contribution in [2.24, 2.45) is 0 Å². The van der Waals surface area contributed by atoms with Gasteiger partial charge in [-0.05, 0) is 26.0 Å². The molecule has 0 fully saturated rings. The molecule has 4 nitrogen and oxygen atoms in total. The van der Waals surface area contributed by atoms with E-state index in [9.17, 15) is 4.79 Å². The molecule has 0 aromatic heterocycles. The van der Waals surface area contributed by atoms with Gasteiger partial charge in [-0.25, -0.2) is 0 Å². The summed E-state index contributed by atoms with van der Waals surface area (Å²) in [7, 11) is 1.89. The van der Waals surface area contributed by atoms with E-state index >= 15 is 0 Å². The van der Waals surface area contributed by atoms with Crippen LogP contribution in [0.4, 0.5) is 0 Å². The van der Waals surface area contributed by atoms with Crippen LogP contribution in [-0.2, 0) is 11.3 Å². The van der Waals surface area contributed by atoms with E-state index in [0.717, 1.165) is 29.8 Å². The van der Waals surface area contributed by atoms with Crippen LogP contribution in [0.15, 0.2) is 18.2 Å². The number of rotatable bonds is 7. The standard InChI is InChI=1S/C14H22N2O2/c1-4-8-16-13(17)10-18-14-11(2)6-5-7-12(14)9-15-3/h5-7,15H,4,8-10H2,1-3H3,(H,16,17). The average molecular weight is 250 g/mol. The predicted molar refractivity (Wildman–Crippen MR) is 72.7 cm³/mol. The van der Waals surface area contributed by atoms with E-state index in [2.05, 4.69) is 10.6 Å². The Hall–Kier alpha value is -1.55. The molecular weight excluding hydrogens is 228 g/mol. The fourth-order valence-corrected chi connectivity index (χ4v) is 1.70. The van der Waals surface area contributed by atoms with Gasteiger partial charge in [-0.2, -0.15) is 0 Å². The molecule has 0 aliphatic rings. The van der Waals surface area contributed by atoms with E-state index in [1.807, 2.05) is 39.1 Å². The molecule has 0 aliphatic heterocycles. The van der Waals surface area contributed by atoms with E-state index in [1.54, 1.807) is 0 Å². The molecule has 18 heavy (non-hydrogen) atoms. The fraction of sp³-hybridized carbons (Fsp3) is 0.500. The Morgan fingerprint density at radius 1 is 1.39 bits per heavy atom. The topological polar surface area (TPSA) is 50.4 Å². The molecule has 1 aromatic rings. The third-order valence-electron chi connectivity index (χ3n) is 2.58. The zero-order valence-electron chi connectivity index (χ0n) is 11.4. The van der Waals surface area contributed by atoms with Crippen molar-refractivity contribution in [1.82, 2.24) is 10.6 Å². The Balaban J connectivity index is 2.62. The molecule has 0 atom stereocenters. The number of aryl methyl sites for hydroxylation is 1. The number of amides is 1. The van der Waals surface area contributed by atoms with Crippen LogP contribution in [0.1, 0.15) is 24.5 Å². The van der Waals surface area contributed by atoms with Crippen LogP contribution >= 0.6 is 0 Å². The Morgan fingerprint density at radius 3 is 2.83 bits per heavy atom. The monoisotopic (exact) mass is 250 g/mol. The van der Waals surface area contributed by atoms with Gasteiger partial charge < -0.3 is 15.4 Å². The number of carbonyl (C=O) groups is 1. The van der Waals surface area contributed by atoms with Crippen LogP contribution in [-0.4, -0.2) is 26.1 Å². The molecule has 0 saturated carbocycles. The summed E-state index contributed by atoms with van der Waals surface area (Å²) < 4.78 is 5.63. The number of benzene rings is 1. The minimum Gasteiger partial charge on any atom is -0.483 e. The Kier molecular flexibility index (Phi) is 6.22. The molecule has 4 heteroatoms. The van der Waals surface area contributed by atoms with Crippen molar-refractivity contribution in [3.63, 3.8) is 0 Å². The molecule has 0 aliphatic carbocycles. The van der Waals surface area contributed by atoms with Crippen LogP contribution in [0.3, 0.4) is 0 Å². The van der Waals surface area contributed by atoms with Crippen LogP contribution in [0.5, 0.6) is 5.75 Å². The highest BCUT2D eigenvalue weighted by molar-refractivity contribution is 5.77. The molecule has 1 amide bonds. The quantitative estimate of drug-likeness (QED) is 0.773. The van der Waals surface area contributed by atoms with E-state index in [0.29, 0.717) is 6.54 Å². The van der Waals surface area contributed by atoms with Crippen LogP contribution < -0.4 is 15.4 Å². The van der Waals surface area contributed by atoms with Crippen molar-refractivity contribution in [3.8, 4) is 5.75 Å². The van der Waals surface area contributed by atoms with Gasteiger partial charge in [0.15, 0.2) is 6.61 Å². The summed E-state index contributed by atoms with van der Waals surface area (Å²) in [5, 5.41) is 5.89. The lowest BCUT2D eigenvalue weighted by Crippen LogP contribution is -2.29. The van der Waals surface area contributed by atoms with Crippen LogP contribution in [0.2, 0.25) is 0 Å². The summed E-state index contributed by atoms with van der Waals surface area (Å²) in [6, 6.07) is 5.98. The van der Waals surface area contributed by atoms with Gasteiger partial charge >= 0.3 is 0 Å². The first-order valence-electron chi connectivity index (χ1n) is 6.31. The van der Waals surface area contributed by atoms with Gasteiger partial charge in [0.1, 0.15) is 5.75 Å². The molecular formula is C14H22N2O2. The molecule has 0 spiro atoms. The largest absolute Gasteiger partial charge is 0.483 e. The smallest absolute Gasteiger partial charge is 0.257 e. The Labute approximate surface area is 109 Å². The minimum absolute atomic E-state index is 0.0710. The predicted octanol–water partition coefficient (Wildman–Crippen LogP) is 1.62. The number of hydrogen-bond acceptors (Lipinski definition) is 3. The maximum atomic E-state index is 11.5. The van der Waals surface area contributed by atoms with Crippen molar-refractivity contribution in [2.75, 3.05) is 20.2 Å². The summed E-state index contributed by atoms with van der Waals surface area (Å²) in [5.74, 6) is 0.731. The molecule has 0 bridgehead atoms. The summed E-state index contributed by atoms with van der Waals surface area (Å²) in [6.45, 7) is 5.50. The van der Waals surface area contributed by atoms with E-state index in [4.69, 9.17) is 4.74 Å². The van der Waals surface area contributed by atoms with E-state index in [1.165, 1.54) is 0 Å². The summed E-state index contributed by atoms with van der Waals surface area (Å²) in [4.78, 5) is 11.5. The fourth-order valence-electron chi connectivity index (χ4n) is 1.70. The van der Waals surface area contributed by atoms with Crippen molar-refractivity contribution in [1.29, 1.82) is 0 Å². The van der Waals surface area contributed by atoms with Crippen molar-refractivity contribution >= 4 is 5.91 Å². The van der Waals surface area contributed by atoms with Gasteiger partial charge in [0.25, 0.3) is 5.91 Å². The third-order valence-corrected chi connectivity index (χ3v) is 2.58. The number of carbonyl (C=O) groups excluding carboxylic acids is 1. The molecule has 100 valence electrons. The first-order chi connectivity index (χ1) is 8.69. The van der Waals surface area contributed by atoms with Gasteiger partial charge in [-0.15, -0.1) is 0 Å². The molecule has 0 unspecified atom stereocenters. The SMILES string of the molecule is CCCNC(=O)COc1c(C)cccc1CNC. The van der Waals surface area contributed by atoms with Gasteiger partial charge in [-0.3, -0.25) is 4.79 Å². The summed E-state index contributed by atoms with van der Waals surface area (Å²) >= 11 is 0. The lowest BCUT2D eigenvalue weighted by molar-refractivity contribution is -0.123. The van der Waals surface area contributed by atoms with Gasteiger partial charge in [-0.1, -0.05) is 25.1 Å². The molecule has 0 saturated heterocycles. The molecule has 1 rings (SSSR count). The zero-order valence-corrected chi connectivity index (χ0v) is 11.4. The first-order valence-corrected chi connectivity index (χ1v) is 6.31.